The molecule has 1 fully saturated rings. The third kappa shape index (κ3) is 2.56. The third-order valence-corrected chi connectivity index (χ3v) is 3.45. The number of carbonyl (C=O) groups excluding carboxylic acids is 1. The molecule has 1 aromatic rings. The van der Waals surface area contributed by atoms with Gasteiger partial charge < -0.3 is 14.4 Å². The van der Waals surface area contributed by atoms with Gasteiger partial charge in [0.1, 0.15) is 0 Å². The van der Waals surface area contributed by atoms with Crippen LogP contribution in [-0.4, -0.2) is 40.1 Å². The van der Waals surface area contributed by atoms with Crippen molar-refractivity contribution in [2.24, 2.45) is 0 Å². The number of likely N-dealkylation sites (tertiary alicyclic amines) is 1. The first-order valence-electron chi connectivity index (χ1n) is 6.49. The standard InChI is InChI=1S/C13H20N2O3/c1-9-12(18-10(2)14-9)13(17)15-7-5-3-4-6-11(15)8-16/h11,16H,3-8H2,1-2H3. The Balaban J connectivity index is 2.22. The molecule has 2 heterocycles. The van der Waals surface area contributed by atoms with Crippen LogP contribution in [0.2, 0.25) is 0 Å². The van der Waals surface area contributed by atoms with E-state index in [1.165, 1.54) is 0 Å². The first kappa shape index (κ1) is 13.1. The summed E-state index contributed by atoms with van der Waals surface area (Å²) in [6.07, 6.45) is 4.00. The summed E-state index contributed by atoms with van der Waals surface area (Å²) in [5.41, 5.74) is 0.624. The minimum atomic E-state index is -0.144. The van der Waals surface area contributed by atoms with Gasteiger partial charge in [0.2, 0.25) is 5.76 Å². The number of nitrogens with zero attached hydrogens (tertiary/aromatic N) is 2. The molecule has 100 valence electrons. The molecule has 5 heteroatoms. The van der Waals surface area contributed by atoms with E-state index < -0.39 is 0 Å². The molecule has 1 atom stereocenters. The average molecular weight is 252 g/mol. The summed E-state index contributed by atoms with van der Waals surface area (Å²) in [5.74, 6) is 0.674. The molecule has 0 aromatic carbocycles. The Labute approximate surface area is 107 Å². The number of aromatic nitrogens is 1. The van der Waals surface area contributed by atoms with Crippen LogP contribution in [0.1, 0.15) is 47.8 Å². The largest absolute Gasteiger partial charge is 0.436 e. The number of carbonyl (C=O) groups is 1. The number of aliphatic hydroxyl groups excluding tert-OH is 1. The molecule has 5 nitrogen and oxygen atoms in total. The van der Waals surface area contributed by atoms with Crippen molar-refractivity contribution in [3.05, 3.63) is 17.3 Å². The summed E-state index contributed by atoms with van der Waals surface area (Å²) in [6, 6.07) is -0.0928. The van der Waals surface area contributed by atoms with Gasteiger partial charge in [-0.25, -0.2) is 4.98 Å². The van der Waals surface area contributed by atoms with Crippen LogP contribution in [0.3, 0.4) is 0 Å². The molecule has 0 radical (unpaired) electrons. The van der Waals surface area contributed by atoms with Crippen molar-refractivity contribution in [1.82, 2.24) is 9.88 Å². The Bertz CT molecular complexity index is 428. The van der Waals surface area contributed by atoms with Crippen LogP contribution >= 0.6 is 0 Å². The summed E-state index contributed by atoms with van der Waals surface area (Å²) in [7, 11) is 0. The monoisotopic (exact) mass is 252 g/mol. The highest BCUT2D eigenvalue weighted by atomic mass is 16.4. The first-order chi connectivity index (χ1) is 8.63. The second-order valence-corrected chi connectivity index (χ2v) is 4.83. The van der Waals surface area contributed by atoms with Crippen molar-refractivity contribution in [3.63, 3.8) is 0 Å². The molecule has 1 amide bonds. The number of aliphatic hydroxyl groups is 1. The Morgan fingerprint density at radius 3 is 2.83 bits per heavy atom. The number of oxazole rings is 1. The molecule has 0 spiro atoms. The SMILES string of the molecule is Cc1nc(C)c(C(=O)N2CCCCCC2CO)o1. The fourth-order valence-corrected chi connectivity index (χ4v) is 2.49. The molecule has 1 unspecified atom stereocenters. The van der Waals surface area contributed by atoms with Crippen LogP contribution in [0.25, 0.3) is 0 Å². The number of hydrogen-bond donors (Lipinski definition) is 1. The quantitative estimate of drug-likeness (QED) is 0.869. The Morgan fingerprint density at radius 2 is 2.22 bits per heavy atom. The van der Waals surface area contributed by atoms with E-state index in [2.05, 4.69) is 4.98 Å². The van der Waals surface area contributed by atoms with E-state index in [-0.39, 0.29) is 18.6 Å². The third-order valence-electron chi connectivity index (χ3n) is 3.45. The summed E-state index contributed by atoms with van der Waals surface area (Å²) >= 11 is 0. The van der Waals surface area contributed by atoms with Crippen LogP contribution in [0.5, 0.6) is 0 Å². The van der Waals surface area contributed by atoms with Gasteiger partial charge in [-0.1, -0.05) is 12.8 Å². The van der Waals surface area contributed by atoms with Crippen LogP contribution in [-0.2, 0) is 0 Å². The van der Waals surface area contributed by atoms with Crippen molar-refractivity contribution in [1.29, 1.82) is 0 Å². The minimum absolute atomic E-state index is 0.0118. The van der Waals surface area contributed by atoms with Gasteiger partial charge in [-0.05, 0) is 19.8 Å². The normalized spacial score (nSPS) is 20.8. The van der Waals surface area contributed by atoms with Gasteiger partial charge in [0, 0.05) is 13.5 Å². The molecule has 0 saturated carbocycles. The zero-order chi connectivity index (χ0) is 13.1. The lowest BCUT2D eigenvalue weighted by atomic mass is 10.1. The van der Waals surface area contributed by atoms with E-state index in [1.54, 1.807) is 18.7 Å². The minimum Gasteiger partial charge on any atom is -0.436 e. The van der Waals surface area contributed by atoms with Crippen LogP contribution < -0.4 is 0 Å². The number of hydrogen-bond acceptors (Lipinski definition) is 4. The van der Waals surface area contributed by atoms with Crippen molar-refractivity contribution >= 4 is 5.91 Å². The Morgan fingerprint density at radius 1 is 1.44 bits per heavy atom. The van der Waals surface area contributed by atoms with Gasteiger partial charge in [0.05, 0.1) is 18.3 Å². The molecule has 1 aliphatic rings. The Kier molecular flexibility index (Phi) is 4.01. The van der Waals surface area contributed by atoms with Crippen molar-refractivity contribution < 1.29 is 14.3 Å². The van der Waals surface area contributed by atoms with E-state index in [0.29, 0.717) is 23.9 Å². The maximum absolute atomic E-state index is 12.4. The molecule has 0 bridgehead atoms. The zero-order valence-corrected chi connectivity index (χ0v) is 11.0. The van der Waals surface area contributed by atoms with E-state index in [9.17, 15) is 9.90 Å². The lowest BCUT2D eigenvalue weighted by Crippen LogP contribution is -2.42. The topological polar surface area (TPSA) is 66.6 Å². The highest BCUT2D eigenvalue weighted by molar-refractivity contribution is 5.92. The van der Waals surface area contributed by atoms with E-state index in [1.807, 2.05) is 0 Å². The second kappa shape index (κ2) is 5.52. The molecule has 1 aliphatic heterocycles. The van der Waals surface area contributed by atoms with Crippen molar-refractivity contribution in [2.45, 2.75) is 45.6 Å². The van der Waals surface area contributed by atoms with Crippen LogP contribution in [0.15, 0.2) is 4.42 Å². The predicted octanol–water partition coefficient (Wildman–Crippen LogP) is 1.67. The molecule has 1 saturated heterocycles. The van der Waals surface area contributed by atoms with Crippen LogP contribution in [0, 0.1) is 13.8 Å². The van der Waals surface area contributed by atoms with E-state index in [4.69, 9.17) is 4.42 Å². The van der Waals surface area contributed by atoms with E-state index >= 15 is 0 Å². The van der Waals surface area contributed by atoms with Crippen molar-refractivity contribution in [3.8, 4) is 0 Å². The number of amides is 1. The zero-order valence-electron chi connectivity index (χ0n) is 11.0. The van der Waals surface area contributed by atoms with Gasteiger partial charge in [-0.2, -0.15) is 0 Å². The maximum Gasteiger partial charge on any atom is 0.291 e. The molecule has 0 aliphatic carbocycles. The van der Waals surface area contributed by atoms with Gasteiger partial charge in [0.25, 0.3) is 5.91 Å². The summed E-state index contributed by atoms with van der Waals surface area (Å²) in [6.45, 7) is 4.20. The highest BCUT2D eigenvalue weighted by Gasteiger charge is 2.29. The fraction of sp³-hybridized carbons (Fsp3) is 0.692. The number of rotatable bonds is 2. The van der Waals surface area contributed by atoms with E-state index in [0.717, 1.165) is 25.7 Å². The summed E-state index contributed by atoms with van der Waals surface area (Å²) in [5, 5.41) is 9.42. The van der Waals surface area contributed by atoms with Gasteiger partial charge >= 0.3 is 0 Å². The molecule has 2 rings (SSSR count). The Hall–Kier alpha value is -1.36. The van der Waals surface area contributed by atoms with Gasteiger partial charge in [0.15, 0.2) is 5.89 Å². The summed E-state index contributed by atoms with van der Waals surface area (Å²) < 4.78 is 5.38. The molecular weight excluding hydrogens is 232 g/mol. The maximum atomic E-state index is 12.4. The number of aryl methyl sites for hydroxylation is 2. The van der Waals surface area contributed by atoms with Gasteiger partial charge in [-0.15, -0.1) is 0 Å². The predicted molar refractivity (Wildman–Crippen MR) is 66.4 cm³/mol. The smallest absolute Gasteiger partial charge is 0.291 e. The first-order valence-corrected chi connectivity index (χ1v) is 6.49. The lowest BCUT2D eigenvalue weighted by Gasteiger charge is -2.27. The molecule has 1 N–H and O–H groups in total. The molecule has 18 heavy (non-hydrogen) atoms. The lowest BCUT2D eigenvalue weighted by molar-refractivity contribution is 0.0566. The molecular formula is C13H20N2O3. The van der Waals surface area contributed by atoms with Crippen molar-refractivity contribution in [2.75, 3.05) is 13.2 Å². The fourth-order valence-electron chi connectivity index (χ4n) is 2.49. The highest BCUT2D eigenvalue weighted by Crippen LogP contribution is 2.20. The molecule has 1 aromatic heterocycles. The second-order valence-electron chi connectivity index (χ2n) is 4.83. The average Bonchev–Trinajstić information content (AvgIpc) is 2.56. The van der Waals surface area contributed by atoms with Gasteiger partial charge in [-0.3, -0.25) is 4.79 Å². The van der Waals surface area contributed by atoms with Crippen LogP contribution in [0.4, 0.5) is 0 Å². The summed E-state index contributed by atoms with van der Waals surface area (Å²) in [4.78, 5) is 18.3.